The average molecular weight is 327 g/mol. The number of carbonyl (C=O) groups excluding carboxylic acids is 1. The van der Waals surface area contributed by atoms with Gasteiger partial charge in [-0.15, -0.1) is 0 Å². The second-order valence-electron chi connectivity index (χ2n) is 5.04. The van der Waals surface area contributed by atoms with Crippen LogP contribution in [-0.2, 0) is 0 Å². The molecule has 1 aromatic carbocycles. The zero-order chi connectivity index (χ0) is 14.4. The van der Waals surface area contributed by atoms with Gasteiger partial charge in [0.1, 0.15) is 0 Å². The van der Waals surface area contributed by atoms with Gasteiger partial charge in [-0.3, -0.25) is 4.79 Å². The first-order valence-electron chi connectivity index (χ1n) is 6.83. The lowest BCUT2D eigenvalue weighted by atomic mass is 10.1. The highest BCUT2D eigenvalue weighted by Gasteiger charge is 2.20. The number of anilines is 1. The summed E-state index contributed by atoms with van der Waals surface area (Å²) in [6.45, 7) is 7.05. The highest BCUT2D eigenvalue weighted by molar-refractivity contribution is 9.10. The van der Waals surface area contributed by atoms with E-state index in [0.717, 1.165) is 30.3 Å². The molecule has 2 N–H and O–H groups in total. The third kappa shape index (κ3) is 4.53. The van der Waals surface area contributed by atoms with Crippen LogP contribution in [0.15, 0.2) is 22.7 Å². The Morgan fingerprint density at radius 2 is 2.05 bits per heavy atom. The van der Waals surface area contributed by atoms with E-state index < -0.39 is 0 Å². The van der Waals surface area contributed by atoms with Crippen molar-refractivity contribution in [2.45, 2.75) is 46.1 Å². The number of halogens is 1. The SMILES string of the molecule is CCCCCN(C(=O)c1cc(N)ccc1Br)C(C)C. The van der Waals surface area contributed by atoms with E-state index in [4.69, 9.17) is 5.73 Å². The van der Waals surface area contributed by atoms with Crippen LogP contribution in [0.3, 0.4) is 0 Å². The maximum Gasteiger partial charge on any atom is 0.255 e. The number of amides is 1. The third-order valence-corrected chi connectivity index (χ3v) is 3.80. The largest absolute Gasteiger partial charge is 0.399 e. The molecule has 0 aliphatic rings. The zero-order valence-electron chi connectivity index (χ0n) is 11.9. The molecule has 0 fully saturated rings. The quantitative estimate of drug-likeness (QED) is 0.632. The van der Waals surface area contributed by atoms with E-state index in [1.165, 1.54) is 0 Å². The van der Waals surface area contributed by atoms with Gasteiger partial charge in [0, 0.05) is 22.7 Å². The lowest BCUT2D eigenvalue weighted by molar-refractivity contribution is 0.0701. The van der Waals surface area contributed by atoms with Gasteiger partial charge in [0.05, 0.1) is 5.56 Å². The summed E-state index contributed by atoms with van der Waals surface area (Å²) in [7, 11) is 0. The average Bonchev–Trinajstić information content (AvgIpc) is 2.36. The Morgan fingerprint density at radius 3 is 2.63 bits per heavy atom. The lowest BCUT2D eigenvalue weighted by Gasteiger charge is -2.27. The first-order chi connectivity index (χ1) is 8.97. The smallest absolute Gasteiger partial charge is 0.255 e. The predicted octanol–water partition coefficient (Wildman–Crippen LogP) is 4.07. The summed E-state index contributed by atoms with van der Waals surface area (Å²) in [6.07, 6.45) is 3.34. The van der Waals surface area contributed by atoms with Crippen molar-refractivity contribution in [1.29, 1.82) is 0 Å². The van der Waals surface area contributed by atoms with Gasteiger partial charge in [0.2, 0.25) is 0 Å². The second kappa shape index (κ2) is 7.53. The number of benzene rings is 1. The molecule has 1 amide bonds. The molecule has 0 heterocycles. The number of nitrogens with zero attached hydrogens (tertiary/aromatic N) is 1. The Bertz CT molecular complexity index is 432. The summed E-state index contributed by atoms with van der Waals surface area (Å²) in [5.41, 5.74) is 7.03. The molecule has 3 nitrogen and oxygen atoms in total. The van der Waals surface area contributed by atoms with Gasteiger partial charge in [0.25, 0.3) is 5.91 Å². The molecule has 19 heavy (non-hydrogen) atoms. The first-order valence-corrected chi connectivity index (χ1v) is 7.62. The summed E-state index contributed by atoms with van der Waals surface area (Å²) in [6, 6.07) is 5.55. The number of hydrogen-bond donors (Lipinski definition) is 1. The summed E-state index contributed by atoms with van der Waals surface area (Å²) in [5.74, 6) is 0.0466. The molecule has 0 bridgehead atoms. The summed E-state index contributed by atoms with van der Waals surface area (Å²) < 4.78 is 0.799. The van der Waals surface area contributed by atoms with Crippen LogP contribution in [0.2, 0.25) is 0 Å². The van der Waals surface area contributed by atoms with Crippen LogP contribution in [0.25, 0.3) is 0 Å². The molecule has 0 saturated carbocycles. The van der Waals surface area contributed by atoms with Crippen LogP contribution in [0.5, 0.6) is 0 Å². The highest BCUT2D eigenvalue weighted by Crippen LogP contribution is 2.22. The molecule has 106 valence electrons. The van der Waals surface area contributed by atoms with E-state index >= 15 is 0 Å². The van der Waals surface area contributed by atoms with Gasteiger partial charge in [-0.25, -0.2) is 0 Å². The second-order valence-corrected chi connectivity index (χ2v) is 5.89. The topological polar surface area (TPSA) is 46.3 Å². The molecule has 0 aromatic heterocycles. The number of nitrogens with two attached hydrogens (primary N) is 1. The van der Waals surface area contributed by atoms with E-state index in [1.54, 1.807) is 12.1 Å². The molecule has 4 heteroatoms. The number of hydrogen-bond acceptors (Lipinski definition) is 2. The number of nitrogen functional groups attached to an aromatic ring is 1. The van der Waals surface area contributed by atoms with Crippen molar-refractivity contribution in [3.63, 3.8) is 0 Å². The van der Waals surface area contributed by atoms with Crippen molar-refractivity contribution >= 4 is 27.5 Å². The van der Waals surface area contributed by atoms with Crippen LogP contribution in [0, 0.1) is 0 Å². The van der Waals surface area contributed by atoms with E-state index in [-0.39, 0.29) is 11.9 Å². The molecular weight excluding hydrogens is 304 g/mol. The molecule has 0 aliphatic carbocycles. The van der Waals surface area contributed by atoms with Crippen LogP contribution < -0.4 is 5.73 Å². The van der Waals surface area contributed by atoms with Crippen LogP contribution in [-0.4, -0.2) is 23.4 Å². The maximum atomic E-state index is 12.6. The van der Waals surface area contributed by atoms with Crippen molar-refractivity contribution in [1.82, 2.24) is 4.90 Å². The standard InChI is InChI=1S/C15H23BrN2O/c1-4-5-6-9-18(11(2)3)15(19)13-10-12(17)7-8-14(13)16/h7-8,10-11H,4-6,9,17H2,1-3H3. The number of unbranched alkanes of at least 4 members (excludes halogenated alkanes) is 2. The first kappa shape index (κ1) is 16.0. The fraction of sp³-hybridized carbons (Fsp3) is 0.533. The van der Waals surface area contributed by atoms with Gasteiger partial charge in [0.15, 0.2) is 0 Å². The highest BCUT2D eigenvalue weighted by atomic mass is 79.9. The fourth-order valence-electron chi connectivity index (χ4n) is 1.99. The van der Waals surface area contributed by atoms with E-state index in [9.17, 15) is 4.79 Å². The van der Waals surface area contributed by atoms with E-state index in [0.29, 0.717) is 11.3 Å². The molecule has 0 radical (unpaired) electrons. The minimum Gasteiger partial charge on any atom is -0.399 e. The molecule has 1 aromatic rings. The monoisotopic (exact) mass is 326 g/mol. The van der Waals surface area contributed by atoms with Crippen molar-refractivity contribution < 1.29 is 4.79 Å². The lowest BCUT2D eigenvalue weighted by Crippen LogP contribution is -2.38. The van der Waals surface area contributed by atoms with Gasteiger partial charge < -0.3 is 10.6 Å². The molecule has 0 unspecified atom stereocenters. The number of rotatable bonds is 6. The van der Waals surface area contributed by atoms with Crippen molar-refractivity contribution in [2.24, 2.45) is 0 Å². The van der Waals surface area contributed by atoms with E-state index in [2.05, 4.69) is 22.9 Å². The Kier molecular flexibility index (Phi) is 6.35. The predicted molar refractivity (Wildman–Crippen MR) is 84.3 cm³/mol. The van der Waals surface area contributed by atoms with Crippen LogP contribution in [0.4, 0.5) is 5.69 Å². The van der Waals surface area contributed by atoms with Crippen molar-refractivity contribution in [3.8, 4) is 0 Å². The normalized spacial score (nSPS) is 10.8. The van der Waals surface area contributed by atoms with Crippen LogP contribution in [0.1, 0.15) is 50.4 Å². The van der Waals surface area contributed by atoms with Gasteiger partial charge in [-0.05, 0) is 54.4 Å². The Hall–Kier alpha value is -1.03. The minimum atomic E-state index is 0.0466. The molecular formula is C15H23BrN2O. The maximum absolute atomic E-state index is 12.6. The van der Waals surface area contributed by atoms with Crippen LogP contribution >= 0.6 is 15.9 Å². The molecule has 0 spiro atoms. The minimum absolute atomic E-state index is 0.0466. The number of carbonyl (C=O) groups is 1. The van der Waals surface area contributed by atoms with Gasteiger partial charge >= 0.3 is 0 Å². The van der Waals surface area contributed by atoms with Gasteiger partial charge in [-0.2, -0.15) is 0 Å². The molecule has 0 aliphatic heterocycles. The Morgan fingerprint density at radius 1 is 1.37 bits per heavy atom. The third-order valence-electron chi connectivity index (χ3n) is 3.11. The van der Waals surface area contributed by atoms with E-state index in [1.807, 2.05) is 24.8 Å². The van der Waals surface area contributed by atoms with Gasteiger partial charge in [-0.1, -0.05) is 19.8 Å². The zero-order valence-corrected chi connectivity index (χ0v) is 13.5. The molecule has 0 saturated heterocycles. The Labute approximate surface area is 124 Å². The summed E-state index contributed by atoms with van der Waals surface area (Å²) in [4.78, 5) is 14.5. The van der Waals surface area contributed by atoms with Crippen molar-refractivity contribution in [3.05, 3.63) is 28.2 Å². The van der Waals surface area contributed by atoms with Crippen molar-refractivity contribution in [2.75, 3.05) is 12.3 Å². The molecule has 1 rings (SSSR count). The fourth-order valence-corrected chi connectivity index (χ4v) is 2.40. The summed E-state index contributed by atoms with van der Waals surface area (Å²) >= 11 is 3.43. The Balaban J connectivity index is 2.89. The summed E-state index contributed by atoms with van der Waals surface area (Å²) in [5, 5.41) is 0. The molecule has 0 atom stereocenters.